The van der Waals surface area contributed by atoms with E-state index in [0.717, 1.165) is 51.0 Å². The lowest BCUT2D eigenvalue weighted by Crippen LogP contribution is -2.50. The summed E-state index contributed by atoms with van der Waals surface area (Å²) in [6, 6.07) is 20.4. The van der Waals surface area contributed by atoms with Crippen LogP contribution in [-0.2, 0) is 10.2 Å². The van der Waals surface area contributed by atoms with Crippen molar-refractivity contribution in [2.45, 2.75) is 37.1 Å². The minimum atomic E-state index is -0.0930. The van der Waals surface area contributed by atoms with E-state index in [1.165, 1.54) is 5.56 Å². The summed E-state index contributed by atoms with van der Waals surface area (Å²) in [6.45, 7) is 3.33. The number of nitrogens with zero attached hydrogens (tertiary/aromatic N) is 3. The van der Waals surface area contributed by atoms with E-state index in [-0.39, 0.29) is 23.0 Å². The quantitative estimate of drug-likeness (QED) is 0.497. The first-order chi connectivity index (χ1) is 17.6. The maximum absolute atomic E-state index is 13.2. The van der Waals surface area contributed by atoms with Crippen LogP contribution in [0.5, 0.6) is 5.75 Å². The van der Waals surface area contributed by atoms with Gasteiger partial charge in [-0.3, -0.25) is 4.79 Å². The zero-order valence-corrected chi connectivity index (χ0v) is 20.4. The molecule has 186 valence electrons. The second-order valence-electron chi connectivity index (χ2n) is 10.5. The van der Waals surface area contributed by atoms with Crippen LogP contribution in [0.25, 0.3) is 11.3 Å². The predicted octanol–water partition coefficient (Wildman–Crippen LogP) is 3.50. The summed E-state index contributed by atoms with van der Waals surface area (Å²) in [5.74, 6) is 1.10. The molecule has 7 nitrogen and oxygen atoms in total. The van der Waals surface area contributed by atoms with Crippen molar-refractivity contribution in [2.75, 3.05) is 31.1 Å². The molecule has 3 heterocycles. The summed E-state index contributed by atoms with van der Waals surface area (Å²) >= 11 is 0. The van der Waals surface area contributed by atoms with E-state index >= 15 is 0 Å². The number of amides is 1. The van der Waals surface area contributed by atoms with Crippen molar-refractivity contribution in [3.8, 4) is 17.0 Å². The van der Waals surface area contributed by atoms with Gasteiger partial charge in [-0.15, -0.1) is 0 Å². The molecule has 3 aliphatic rings. The third-order valence-electron chi connectivity index (χ3n) is 8.45. The number of benzene rings is 2. The summed E-state index contributed by atoms with van der Waals surface area (Å²) in [5, 5.41) is 25.6. The maximum Gasteiger partial charge on any atom is 0.223 e. The topological polar surface area (TPSA) is 90.4 Å². The standard InChI is InChI=1S/C29H33N5O2/c35-27-9-5-4-8-23(27)26-16-21(18-32-33-26)34-14-11-29(12-15-34,20-6-2-1-3-7-20)19-31-28(36)22-10-13-30-25-17-24(22)25/h1-9,16,18,22,24-25,30,35H,10-15,17,19H2,(H,31,36). The molecule has 7 heteroatoms. The normalized spacial score (nSPS) is 24.6. The molecule has 1 saturated carbocycles. The molecule has 1 amide bonds. The molecule has 3 atom stereocenters. The van der Waals surface area contributed by atoms with Crippen molar-refractivity contribution < 1.29 is 9.90 Å². The van der Waals surface area contributed by atoms with E-state index in [1.807, 2.05) is 18.2 Å². The first kappa shape index (κ1) is 23.0. The van der Waals surface area contributed by atoms with E-state index in [1.54, 1.807) is 18.3 Å². The summed E-state index contributed by atoms with van der Waals surface area (Å²) in [6.07, 6.45) is 5.74. The summed E-state index contributed by atoms with van der Waals surface area (Å²) in [7, 11) is 0. The third kappa shape index (κ3) is 4.44. The highest BCUT2D eigenvalue weighted by molar-refractivity contribution is 5.80. The number of rotatable bonds is 6. The Morgan fingerprint density at radius 3 is 2.69 bits per heavy atom. The number of nitrogens with one attached hydrogen (secondary N) is 2. The van der Waals surface area contributed by atoms with Crippen molar-refractivity contribution in [2.24, 2.45) is 11.8 Å². The molecule has 3 unspecified atom stereocenters. The summed E-state index contributed by atoms with van der Waals surface area (Å²) in [5.41, 5.74) is 3.55. The fourth-order valence-corrected chi connectivity index (χ4v) is 6.15. The second-order valence-corrected chi connectivity index (χ2v) is 10.5. The second kappa shape index (κ2) is 9.54. The number of phenols is 1. The van der Waals surface area contributed by atoms with Gasteiger partial charge in [0.15, 0.2) is 0 Å². The van der Waals surface area contributed by atoms with Crippen molar-refractivity contribution in [1.29, 1.82) is 0 Å². The number of aromatic hydroxyl groups is 1. The van der Waals surface area contributed by atoms with Crippen LogP contribution in [0.3, 0.4) is 0 Å². The van der Waals surface area contributed by atoms with Crippen molar-refractivity contribution >= 4 is 11.6 Å². The van der Waals surface area contributed by atoms with Crippen LogP contribution < -0.4 is 15.5 Å². The number of piperidine rings is 2. The minimum absolute atomic E-state index is 0.0930. The number of fused-ring (bicyclic) bond motifs is 1. The van der Waals surface area contributed by atoms with Gasteiger partial charge in [0, 0.05) is 42.6 Å². The molecule has 2 aliphatic heterocycles. The van der Waals surface area contributed by atoms with Crippen LogP contribution in [0.2, 0.25) is 0 Å². The maximum atomic E-state index is 13.2. The first-order valence-electron chi connectivity index (χ1n) is 13.1. The van der Waals surface area contributed by atoms with E-state index in [9.17, 15) is 9.90 Å². The number of hydrogen-bond donors (Lipinski definition) is 3. The van der Waals surface area contributed by atoms with Crippen LogP contribution in [-0.4, -0.2) is 53.4 Å². The smallest absolute Gasteiger partial charge is 0.223 e. The van der Waals surface area contributed by atoms with E-state index < -0.39 is 0 Å². The highest BCUT2D eigenvalue weighted by Crippen LogP contribution is 2.42. The van der Waals surface area contributed by atoms with E-state index in [2.05, 4.69) is 56.1 Å². The van der Waals surface area contributed by atoms with Gasteiger partial charge in [-0.1, -0.05) is 42.5 Å². The van der Waals surface area contributed by atoms with Gasteiger partial charge in [-0.05, 0) is 61.9 Å². The van der Waals surface area contributed by atoms with Gasteiger partial charge >= 0.3 is 0 Å². The highest BCUT2D eigenvalue weighted by atomic mass is 16.3. The van der Waals surface area contributed by atoms with Crippen LogP contribution >= 0.6 is 0 Å². The molecular formula is C29H33N5O2. The van der Waals surface area contributed by atoms with Crippen LogP contribution in [0.1, 0.15) is 31.2 Å². The number of carbonyl (C=O) groups excluding carboxylic acids is 1. The zero-order chi connectivity index (χ0) is 24.5. The number of aromatic nitrogens is 2. The molecule has 3 N–H and O–H groups in total. The Morgan fingerprint density at radius 1 is 1.11 bits per heavy atom. The molecule has 6 rings (SSSR count). The lowest BCUT2D eigenvalue weighted by molar-refractivity contribution is -0.126. The van der Waals surface area contributed by atoms with Gasteiger partial charge in [0.2, 0.25) is 5.91 Å². The van der Waals surface area contributed by atoms with Gasteiger partial charge in [-0.2, -0.15) is 10.2 Å². The predicted molar refractivity (Wildman–Crippen MR) is 140 cm³/mol. The van der Waals surface area contributed by atoms with E-state index in [4.69, 9.17) is 0 Å². The van der Waals surface area contributed by atoms with Gasteiger partial charge in [0.05, 0.1) is 17.6 Å². The molecule has 2 saturated heterocycles. The van der Waals surface area contributed by atoms with Crippen molar-refractivity contribution in [3.63, 3.8) is 0 Å². The largest absolute Gasteiger partial charge is 0.507 e. The Morgan fingerprint density at radius 2 is 1.89 bits per heavy atom. The fraction of sp³-hybridized carbons (Fsp3) is 0.414. The summed E-state index contributed by atoms with van der Waals surface area (Å²) < 4.78 is 0. The molecule has 0 spiro atoms. The Kier molecular flexibility index (Phi) is 6.09. The average molecular weight is 484 g/mol. The number of carbonyl (C=O) groups is 1. The number of phenolic OH excluding ortho intramolecular Hbond substituents is 1. The monoisotopic (exact) mass is 483 g/mol. The van der Waals surface area contributed by atoms with Crippen molar-refractivity contribution in [1.82, 2.24) is 20.8 Å². The molecule has 0 radical (unpaired) electrons. The lowest BCUT2D eigenvalue weighted by atomic mass is 9.72. The Bertz CT molecular complexity index is 1230. The van der Waals surface area contributed by atoms with Gasteiger partial charge < -0.3 is 20.6 Å². The Hall–Kier alpha value is -3.45. The van der Waals surface area contributed by atoms with Crippen LogP contribution in [0.4, 0.5) is 5.69 Å². The zero-order valence-electron chi connectivity index (χ0n) is 20.4. The van der Waals surface area contributed by atoms with E-state index in [0.29, 0.717) is 29.8 Å². The molecule has 1 aromatic heterocycles. The highest BCUT2D eigenvalue weighted by Gasteiger charge is 2.48. The minimum Gasteiger partial charge on any atom is -0.507 e. The first-order valence-corrected chi connectivity index (χ1v) is 13.1. The number of para-hydroxylation sites is 1. The lowest BCUT2D eigenvalue weighted by Gasteiger charge is -2.43. The average Bonchev–Trinajstić information content (AvgIpc) is 3.73. The molecule has 3 aromatic rings. The van der Waals surface area contributed by atoms with Gasteiger partial charge in [0.1, 0.15) is 5.75 Å². The number of hydrogen-bond acceptors (Lipinski definition) is 6. The molecule has 3 fully saturated rings. The summed E-state index contributed by atoms with van der Waals surface area (Å²) in [4.78, 5) is 15.5. The molecule has 0 bridgehead atoms. The molecular weight excluding hydrogens is 450 g/mol. The van der Waals surface area contributed by atoms with Crippen LogP contribution in [0.15, 0.2) is 66.9 Å². The molecule has 36 heavy (non-hydrogen) atoms. The molecule has 1 aliphatic carbocycles. The van der Waals surface area contributed by atoms with Crippen LogP contribution in [0, 0.1) is 11.8 Å². The number of anilines is 1. The van der Waals surface area contributed by atoms with Gasteiger partial charge in [0.25, 0.3) is 0 Å². The molecule has 2 aromatic carbocycles. The SMILES string of the molecule is O=C(NCC1(c2ccccc2)CCN(c2cnnc(-c3ccccc3O)c2)CC1)C1CCNC2CC21. The van der Waals surface area contributed by atoms with Gasteiger partial charge in [-0.25, -0.2) is 0 Å². The third-order valence-corrected chi connectivity index (χ3v) is 8.45. The Labute approximate surface area is 211 Å². The Balaban J connectivity index is 1.18. The van der Waals surface area contributed by atoms with Crippen molar-refractivity contribution in [3.05, 3.63) is 72.4 Å². The fourth-order valence-electron chi connectivity index (χ4n) is 6.15.